The van der Waals surface area contributed by atoms with Crippen LogP contribution in [0, 0.1) is 5.92 Å². The molecule has 0 aliphatic carbocycles. The summed E-state index contributed by atoms with van der Waals surface area (Å²) in [5.41, 5.74) is 0. The average Bonchev–Trinajstić information content (AvgIpc) is 2.09. The van der Waals surface area contributed by atoms with Gasteiger partial charge in [-0.25, -0.2) is 5.01 Å². The number of rotatable bonds is 4. The maximum absolute atomic E-state index is 11.5. The third-order valence-electron chi connectivity index (χ3n) is 2.30. The van der Waals surface area contributed by atoms with Gasteiger partial charge in [0.15, 0.2) is 0 Å². The molecular formula is C10H18N2O3. The Kier molecular flexibility index (Phi) is 4.08. The number of carbonyl (C=O) groups is 2. The first kappa shape index (κ1) is 12.0. The second-order valence-corrected chi connectivity index (χ2v) is 4.26. The molecule has 1 amide bonds. The van der Waals surface area contributed by atoms with Crippen molar-refractivity contribution >= 4 is 11.9 Å². The van der Waals surface area contributed by atoms with Gasteiger partial charge in [0.1, 0.15) is 6.54 Å². The van der Waals surface area contributed by atoms with Gasteiger partial charge in [0.2, 0.25) is 5.91 Å². The highest BCUT2D eigenvalue weighted by Gasteiger charge is 2.27. The van der Waals surface area contributed by atoms with Crippen LogP contribution in [-0.4, -0.2) is 46.6 Å². The highest BCUT2D eigenvalue weighted by Crippen LogP contribution is 2.13. The van der Waals surface area contributed by atoms with E-state index in [2.05, 4.69) is 13.8 Å². The first-order valence-electron chi connectivity index (χ1n) is 5.27. The zero-order valence-corrected chi connectivity index (χ0v) is 9.27. The Morgan fingerprint density at radius 3 is 2.73 bits per heavy atom. The molecule has 0 unspecified atom stereocenters. The van der Waals surface area contributed by atoms with Gasteiger partial charge in [-0.3, -0.25) is 14.6 Å². The summed E-state index contributed by atoms with van der Waals surface area (Å²) in [6.07, 6.45) is 1.28. The largest absolute Gasteiger partial charge is 0.480 e. The Bertz CT molecular complexity index is 253. The third-order valence-corrected chi connectivity index (χ3v) is 2.30. The van der Waals surface area contributed by atoms with Crippen LogP contribution in [0.4, 0.5) is 0 Å². The average molecular weight is 214 g/mol. The minimum Gasteiger partial charge on any atom is -0.480 e. The molecular weight excluding hydrogens is 196 g/mol. The Labute approximate surface area is 89.6 Å². The van der Waals surface area contributed by atoms with E-state index in [1.54, 1.807) is 0 Å². The molecule has 0 atom stereocenters. The maximum atomic E-state index is 11.5. The molecule has 0 radical (unpaired) electrons. The number of carbonyl (C=O) groups excluding carboxylic acids is 1. The van der Waals surface area contributed by atoms with E-state index >= 15 is 0 Å². The number of aliphatic carboxylic acids is 1. The van der Waals surface area contributed by atoms with Crippen LogP contribution in [0.15, 0.2) is 0 Å². The van der Waals surface area contributed by atoms with Crippen molar-refractivity contribution in [1.29, 1.82) is 0 Å². The molecule has 0 spiro atoms. The predicted octanol–water partition coefficient (Wildman–Crippen LogP) is 0.566. The molecule has 1 rings (SSSR count). The summed E-state index contributed by atoms with van der Waals surface area (Å²) in [6, 6.07) is 0. The van der Waals surface area contributed by atoms with Gasteiger partial charge in [-0.2, -0.15) is 0 Å². The van der Waals surface area contributed by atoms with Crippen LogP contribution in [0.1, 0.15) is 26.7 Å². The summed E-state index contributed by atoms with van der Waals surface area (Å²) in [4.78, 5) is 22.2. The minimum atomic E-state index is -0.959. The Balaban J connectivity index is 2.63. The van der Waals surface area contributed by atoms with Gasteiger partial charge in [0.05, 0.1) is 0 Å². The van der Waals surface area contributed by atoms with Crippen molar-refractivity contribution in [2.75, 3.05) is 19.6 Å². The fraction of sp³-hybridized carbons (Fsp3) is 0.800. The van der Waals surface area contributed by atoms with E-state index in [-0.39, 0.29) is 12.5 Å². The molecule has 1 aliphatic heterocycles. The number of carboxylic acids is 1. The predicted molar refractivity (Wildman–Crippen MR) is 55.0 cm³/mol. The molecule has 0 aromatic heterocycles. The lowest BCUT2D eigenvalue weighted by Crippen LogP contribution is -2.53. The lowest BCUT2D eigenvalue weighted by Gasteiger charge is -2.38. The molecule has 0 aromatic rings. The second kappa shape index (κ2) is 5.11. The van der Waals surface area contributed by atoms with Crippen molar-refractivity contribution in [3.05, 3.63) is 0 Å². The molecule has 5 nitrogen and oxygen atoms in total. The molecule has 0 aromatic carbocycles. The van der Waals surface area contributed by atoms with Crippen molar-refractivity contribution in [2.24, 2.45) is 5.92 Å². The molecule has 0 bridgehead atoms. The number of hydrogen-bond donors (Lipinski definition) is 1. The van der Waals surface area contributed by atoms with Gasteiger partial charge in [-0.05, 0) is 12.3 Å². The first-order chi connectivity index (χ1) is 7.00. The molecule has 1 saturated heterocycles. The number of carboxylic acid groups (broad SMARTS) is 1. The lowest BCUT2D eigenvalue weighted by atomic mass is 10.2. The molecule has 15 heavy (non-hydrogen) atoms. The third kappa shape index (κ3) is 3.51. The molecule has 5 heteroatoms. The van der Waals surface area contributed by atoms with Crippen molar-refractivity contribution in [3.63, 3.8) is 0 Å². The fourth-order valence-electron chi connectivity index (χ4n) is 1.75. The summed E-state index contributed by atoms with van der Waals surface area (Å²) in [5, 5.41) is 11.9. The Morgan fingerprint density at radius 1 is 1.53 bits per heavy atom. The summed E-state index contributed by atoms with van der Waals surface area (Å²) in [6.45, 7) is 5.40. The molecule has 0 saturated carbocycles. The fourth-order valence-corrected chi connectivity index (χ4v) is 1.75. The van der Waals surface area contributed by atoms with Crippen LogP contribution in [0.3, 0.4) is 0 Å². The summed E-state index contributed by atoms with van der Waals surface area (Å²) >= 11 is 0. The van der Waals surface area contributed by atoms with Crippen LogP contribution in [0.5, 0.6) is 0 Å². The molecule has 86 valence electrons. The SMILES string of the molecule is CC(C)CN1CCCC(=O)N1CC(=O)O. The van der Waals surface area contributed by atoms with Crippen molar-refractivity contribution < 1.29 is 14.7 Å². The zero-order valence-electron chi connectivity index (χ0n) is 9.27. The van der Waals surface area contributed by atoms with E-state index in [1.165, 1.54) is 5.01 Å². The molecule has 1 aliphatic rings. The van der Waals surface area contributed by atoms with Crippen molar-refractivity contribution in [2.45, 2.75) is 26.7 Å². The normalized spacial score (nSPS) is 18.6. The number of hydrogen-bond acceptors (Lipinski definition) is 3. The van der Waals surface area contributed by atoms with Crippen molar-refractivity contribution in [3.8, 4) is 0 Å². The second-order valence-electron chi connectivity index (χ2n) is 4.26. The smallest absolute Gasteiger partial charge is 0.324 e. The molecule has 1 fully saturated rings. The zero-order chi connectivity index (χ0) is 11.4. The maximum Gasteiger partial charge on any atom is 0.324 e. The highest BCUT2D eigenvalue weighted by atomic mass is 16.4. The summed E-state index contributed by atoms with van der Waals surface area (Å²) < 4.78 is 0. The van der Waals surface area contributed by atoms with Gasteiger partial charge < -0.3 is 5.11 Å². The quantitative estimate of drug-likeness (QED) is 0.743. The van der Waals surface area contributed by atoms with Gasteiger partial charge in [0.25, 0.3) is 0 Å². The number of hydrazine groups is 1. The van der Waals surface area contributed by atoms with E-state index in [1.807, 2.05) is 5.01 Å². The summed E-state index contributed by atoms with van der Waals surface area (Å²) in [7, 11) is 0. The molecule has 1 N–H and O–H groups in total. The summed E-state index contributed by atoms with van der Waals surface area (Å²) in [5.74, 6) is -0.615. The number of nitrogens with zero attached hydrogens (tertiary/aromatic N) is 2. The highest BCUT2D eigenvalue weighted by molar-refractivity contribution is 5.81. The van der Waals surface area contributed by atoms with Crippen LogP contribution >= 0.6 is 0 Å². The van der Waals surface area contributed by atoms with Crippen LogP contribution < -0.4 is 0 Å². The van der Waals surface area contributed by atoms with Crippen LogP contribution in [-0.2, 0) is 9.59 Å². The van der Waals surface area contributed by atoms with E-state index in [4.69, 9.17) is 5.11 Å². The first-order valence-corrected chi connectivity index (χ1v) is 5.27. The van der Waals surface area contributed by atoms with Crippen molar-refractivity contribution in [1.82, 2.24) is 10.0 Å². The minimum absolute atomic E-state index is 0.0794. The lowest BCUT2D eigenvalue weighted by molar-refractivity contribution is -0.165. The number of amides is 1. The van der Waals surface area contributed by atoms with Crippen LogP contribution in [0.2, 0.25) is 0 Å². The molecule has 1 heterocycles. The Hall–Kier alpha value is -1.10. The van der Waals surface area contributed by atoms with E-state index in [9.17, 15) is 9.59 Å². The Morgan fingerprint density at radius 2 is 2.20 bits per heavy atom. The van der Waals surface area contributed by atoms with Gasteiger partial charge in [0, 0.05) is 19.5 Å². The van der Waals surface area contributed by atoms with Gasteiger partial charge in [-0.1, -0.05) is 13.8 Å². The van der Waals surface area contributed by atoms with E-state index in [0.717, 1.165) is 19.5 Å². The van der Waals surface area contributed by atoms with Gasteiger partial charge >= 0.3 is 5.97 Å². The van der Waals surface area contributed by atoms with E-state index in [0.29, 0.717) is 12.3 Å². The standard InChI is InChI=1S/C10H18N2O3/c1-8(2)6-11-5-3-4-9(13)12(11)7-10(14)15/h8H,3-7H2,1-2H3,(H,14,15). The van der Waals surface area contributed by atoms with Gasteiger partial charge in [-0.15, -0.1) is 0 Å². The topological polar surface area (TPSA) is 60.9 Å². The van der Waals surface area contributed by atoms with E-state index < -0.39 is 5.97 Å². The van der Waals surface area contributed by atoms with Crippen LogP contribution in [0.25, 0.3) is 0 Å². The monoisotopic (exact) mass is 214 g/mol.